The first-order chi connectivity index (χ1) is 18.0. The van der Waals surface area contributed by atoms with Crippen molar-refractivity contribution in [2.24, 2.45) is 0 Å². The summed E-state index contributed by atoms with van der Waals surface area (Å²) in [7, 11) is 0. The van der Waals surface area contributed by atoms with Crippen molar-refractivity contribution < 1.29 is 38.1 Å². The third-order valence-electron chi connectivity index (χ3n) is 5.23. The Hall–Kier alpha value is -4.43. The van der Waals surface area contributed by atoms with Crippen LogP contribution in [0.25, 0.3) is 20.2 Å². The molecule has 0 atom stereocenters. The Kier molecular flexibility index (Phi) is 7.37. The van der Waals surface area contributed by atoms with Crippen molar-refractivity contribution in [3.8, 4) is 10.1 Å². The van der Waals surface area contributed by atoms with Crippen molar-refractivity contribution in [3.63, 3.8) is 0 Å². The monoisotopic (exact) mass is 562 g/mol. The number of esters is 1. The van der Waals surface area contributed by atoms with Crippen molar-refractivity contribution >= 4 is 60.6 Å². The normalized spacial score (nSPS) is 11.1. The molecular weight excluding hydrogens is 546 g/mol. The molecule has 0 radical (unpaired) electrons. The second-order valence-corrected chi connectivity index (χ2v) is 9.64. The number of rotatable bonds is 6. The minimum absolute atomic E-state index is 0.0579. The van der Waals surface area contributed by atoms with Crippen molar-refractivity contribution in [1.29, 1.82) is 0 Å². The molecule has 0 bridgehead atoms. The van der Waals surface area contributed by atoms with Gasteiger partial charge in [0, 0.05) is 9.40 Å². The molecule has 2 amide bonds. The number of halogens is 2. The molecular formula is C24H16F2N2O8S2. The molecule has 0 spiro atoms. The largest absolute Gasteiger partial charge is 0.499 e. The molecule has 0 aliphatic rings. The maximum atomic E-state index is 14.3. The van der Waals surface area contributed by atoms with Gasteiger partial charge in [0.1, 0.15) is 22.8 Å². The molecule has 0 saturated carbocycles. The molecule has 4 N–H and O–H groups in total. The smallest absolute Gasteiger partial charge is 0.349 e. The number of ether oxygens (including phenoxy) is 1. The minimum atomic E-state index is -2.03. The van der Waals surface area contributed by atoms with Gasteiger partial charge in [-0.05, 0) is 31.2 Å². The Bertz CT molecular complexity index is 1630. The summed E-state index contributed by atoms with van der Waals surface area (Å²) in [5.41, 5.74) is -4.16. The van der Waals surface area contributed by atoms with Crippen LogP contribution in [0.5, 0.6) is 10.1 Å². The maximum absolute atomic E-state index is 14.3. The first kappa shape index (κ1) is 26.6. The van der Waals surface area contributed by atoms with Gasteiger partial charge in [0.05, 0.1) is 17.4 Å². The summed E-state index contributed by atoms with van der Waals surface area (Å²) < 4.78 is 33.5. The lowest BCUT2D eigenvalue weighted by Gasteiger charge is -2.19. The lowest BCUT2D eigenvalue weighted by molar-refractivity contribution is -0.146. The van der Waals surface area contributed by atoms with Crippen LogP contribution in [0.3, 0.4) is 0 Å². The molecule has 4 aromatic rings. The Morgan fingerprint density at radius 2 is 1.26 bits per heavy atom. The van der Waals surface area contributed by atoms with E-state index in [9.17, 15) is 43.0 Å². The molecule has 4 rings (SSSR count). The number of aromatic hydroxyl groups is 2. The predicted octanol–water partition coefficient (Wildman–Crippen LogP) is 2.57. The van der Waals surface area contributed by atoms with Crippen LogP contribution >= 0.6 is 22.7 Å². The van der Waals surface area contributed by atoms with Crippen LogP contribution in [0, 0.1) is 11.6 Å². The summed E-state index contributed by atoms with van der Waals surface area (Å²) in [6, 6.07) is 7.28. The quantitative estimate of drug-likeness (QED) is 0.206. The van der Waals surface area contributed by atoms with Crippen molar-refractivity contribution in [1.82, 2.24) is 10.6 Å². The Balaban J connectivity index is 1.72. The molecule has 0 unspecified atom stereocenters. The summed E-state index contributed by atoms with van der Waals surface area (Å²) >= 11 is 1.06. The first-order valence-corrected chi connectivity index (χ1v) is 12.3. The summed E-state index contributed by atoms with van der Waals surface area (Å²) in [5.74, 6) is -5.87. The Labute approximate surface area is 218 Å². The summed E-state index contributed by atoms with van der Waals surface area (Å²) in [6.07, 6.45) is -2.03. The standard InChI is InChI=1S/C24H16F2N2O8S2/c1-2-36-22(33)19(27-20(31)15-17(29)13-9(25)5-3-7-11(13)37-23(15)34)28-21(32)16-18(30)14-10(26)6-4-8-12(14)38-24(16)35/h3-8,19,34-35H,2H2,1H3,(H,27,31)(H,28,32). The predicted molar refractivity (Wildman–Crippen MR) is 135 cm³/mol. The fourth-order valence-corrected chi connectivity index (χ4v) is 5.43. The van der Waals surface area contributed by atoms with Crippen LogP contribution in [0.1, 0.15) is 27.6 Å². The topological polar surface area (TPSA) is 159 Å². The highest BCUT2D eigenvalue weighted by Crippen LogP contribution is 2.30. The highest BCUT2D eigenvalue weighted by Gasteiger charge is 2.31. The lowest BCUT2D eigenvalue weighted by Crippen LogP contribution is -2.54. The number of hydrogen-bond acceptors (Lipinski definition) is 10. The van der Waals surface area contributed by atoms with Crippen molar-refractivity contribution in [3.05, 3.63) is 79.6 Å². The van der Waals surface area contributed by atoms with E-state index >= 15 is 0 Å². The van der Waals surface area contributed by atoms with Crippen molar-refractivity contribution in [2.45, 2.75) is 13.1 Å². The molecule has 2 aromatic heterocycles. The lowest BCUT2D eigenvalue weighted by atomic mass is 10.1. The average Bonchev–Trinajstić information content (AvgIpc) is 2.83. The molecule has 14 heteroatoms. The average molecular weight is 563 g/mol. The third-order valence-corrected chi connectivity index (χ3v) is 7.14. The number of hydrogen-bond donors (Lipinski definition) is 4. The van der Waals surface area contributed by atoms with Crippen LogP contribution in [-0.2, 0) is 9.53 Å². The molecule has 0 aliphatic heterocycles. The molecule has 196 valence electrons. The van der Waals surface area contributed by atoms with Gasteiger partial charge in [-0.1, -0.05) is 34.8 Å². The van der Waals surface area contributed by atoms with Crippen molar-refractivity contribution in [2.75, 3.05) is 6.61 Å². The van der Waals surface area contributed by atoms with Gasteiger partial charge < -0.3 is 25.6 Å². The second kappa shape index (κ2) is 10.5. The molecule has 0 saturated heterocycles. The molecule has 0 fully saturated rings. The zero-order valence-corrected chi connectivity index (χ0v) is 20.8. The van der Waals surface area contributed by atoms with Gasteiger partial charge in [0.25, 0.3) is 11.8 Å². The minimum Gasteiger partial charge on any atom is -0.499 e. The molecule has 0 aliphatic carbocycles. The van der Waals surface area contributed by atoms with E-state index in [2.05, 4.69) is 0 Å². The summed E-state index contributed by atoms with van der Waals surface area (Å²) in [4.78, 5) is 64.0. The molecule has 2 aromatic carbocycles. The van der Waals surface area contributed by atoms with E-state index in [-0.39, 0.29) is 16.0 Å². The number of amides is 2. The third kappa shape index (κ3) is 4.78. The fourth-order valence-electron chi connectivity index (χ4n) is 3.56. The second-order valence-electron chi connectivity index (χ2n) is 7.58. The van der Waals surface area contributed by atoms with Crippen LogP contribution in [0.4, 0.5) is 8.78 Å². The Morgan fingerprint density at radius 1 is 0.842 bits per heavy atom. The van der Waals surface area contributed by atoms with Gasteiger partial charge in [-0.25, -0.2) is 13.6 Å². The van der Waals surface area contributed by atoms with Gasteiger partial charge in [-0.15, -0.1) is 0 Å². The highest BCUT2D eigenvalue weighted by atomic mass is 32.1. The van der Waals surface area contributed by atoms with E-state index in [0.717, 1.165) is 12.1 Å². The van der Waals surface area contributed by atoms with Crippen LogP contribution in [-0.4, -0.2) is 40.8 Å². The molecule has 10 nitrogen and oxygen atoms in total. The SMILES string of the molecule is CCOC(=O)C(NC(=O)c1c(O)sc2cccc(F)c2c1=O)NC(=O)c1c(O)sc2cccc(F)c2c1=O. The molecule has 2 heterocycles. The summed E-state index contributed by atoms with van der Waals surface area (Å²) in [5, 5.41) is 22.0. The van der Waals surface area contributed by atoms with Gasteiger partial charge in [-0.3, -0.25) is 19.2 Å². The van der Waals surface area contributed by atoms with Gasteiger partial charge in [0.15, 0.2) is 10.1 Å². The zero-order valence-electron chi connectivity index (χ0n) is 19.2. The molecule has 38 heavy (non-hydrogen) atoms. The van der Waals surface area contributed by atoms with Crippen LogP contribution in [0.2, 0.25) is 0 Å². The highest BCUT2D eigenvalue weighted by molar-refractivity contribution is 7.20. The van der Waals surface area contributed by atoms with Gasteiger partial charge >= 0.3 is 5.97 Å². The van der Waals surface area contributed by atoms with E-state index in [1.165, 1.54) is 31.2 Å². The number of benzene rings is 2. The van der Waals surface area contributed by atoms with Gasteiger partial charge in [0.2, 0.25) is 17.0 Å². The fraction of sp³-hybridized carbons (Fsp3) is 0.125. The van der Waals surface area contributed by atoms with E-state index in [1.54, 1.807) is 0 Å². The van der Waals surface area contributed by atoms with E-state index in [1.807, 2.05) is 10.6 Å². The van der Waals surface area contributed by atoms with Crippen LogP contribution < -0.4 is 21.5 Å². The number of carbonyl (C=O) groups excluding carboxylic acids is 3. The number of fused-ring (bicyclic) bond motifs is 2. The first-order valence-electron chi connectivity index (χ1n) is 10.7. The van der Waals surface area contributed by atoms with Crippen LogP contribution in [0.15, 0.2) is 46.0 Å². The number of carbonyl (C=O) groups is 3. The zero-order chi connectivity index (χ0) is 27.7. The van der Waals surface area contributed by atoms with E-state index in [4.69, 9.17) is 4.74 Å². The Morgan fingerprint density at radius 3 is 1.66 bits per heavy atom. The van der Waals surface area contributed by atoms with E-state index in [0.29, 0.717) is 22.7 Å². The van der Waals surface area contributed by atoms with Gasteiger partial charge in [-0.2, -0.15) is 0 Å². The van der Waals surface area contributed by atoms with E-state index < -0.39 is 78.5 Å². The number of nitrogens with one attached hydrogen (secondary N) is 2. The maximum Gasteiger partial charge on any atom is 0.349 e. The summed E-state index contributed by atoms with van der Waals surface area (Å²) in [6.45, 7) is 1.22.